The van der Waals surface area contributed by atoms with Crippen molar-refractivity contribution in [1.82, 2.24) is 25.1 Å². The Labute approximate surface area is 177 Å². The summed E-state index contributed by atoms with van der Waals surface area (Å²) >= 11 is 0. The van der Waals surface area contributed by atoms with Gasteiger partial charge in [0, 0.05) is 24.5 Å². The number of nitrogens with zero attached hydrogens (tertiary/aromatic N) is 5. The monoisotopic (exact) mass is 406 g/mol. The van der Waals surface area contributed by atoms with E-state index in [2.05, 4.69) is 42.3 Å². The van der Waals surface area contributed by atoms with Gasteiger partial charge in [-0.15, -0.1) is 0 Å². The summed E-state index contributed by atoms with van der Waals surface area (Å²) in [5, 5.41) is 9.33. The molecule has 1 N–H and O–H groups in total. The van der Waals surface area contributed by atoms with Crippen LogP contribution in [-0.2, 0) is 4.74 Å². The lowest BCUT2D eigenvalue weighted by atomic mass is 9.87. The van der Waals surface area contributed by atoms with Gasteiger partial charge in [0.2, 0.25) is 0 Å². The minimum atomic E-state index is 0.207. The van der Waals surface area contributed by atoms with E-state index in [1.165, 1.54) is 24.0 Å². The van der Waals surface area contributed by atoms with Crippen LogP contribution in [0.4, 0.5) is 5.82 Å². The van der Waals surface area contributed by atoms with E-state index in [4.69, 9.17) is 19.8 Å². The first-order valence-corrected chi connectivity index (χ1v) is 11.0. The van der Waals surface area contributed by atoms with Gasteiger partial charge in [0.15, 0.2) is 5.82 Å². The highest BCUT2D eigenvalue weighted by molar-refractivity contribution is 5.82. The van der Waals surface area contributed by atoms with Crippen LogP contribution in [-0.4, -0.2) is 58.6 Å². The largest absolute Gasteiger partial charge is 0.375 e. The van der Waals surface area contributed by atoms with E-state index in [0.717, 1.165) is 61.1 Å². The zero-order valence-corrected chi connectivity index (χ0v) is 18.1. The van der Waals surface area contributed by atoms with Gasteiger partial charge in [-0.05, 0) is 75.9 Å². The summed E-state index contributed by atoms with van der Waals surface area (Å²) in [5.41, 5.74) is 3.92. The van der Waals surface area contributed by atoms with Gasteiger partial charge >= 0.3 is 0 Å². The summed E-state index contributed by atoms with van der Waals surface area (Å²) in [5.74, 6) is 3.14. The molecule has 0 aliphatic carbocycles. The summed E-state index contributed by atoms with van der Waals surface area (Å²) in [6.07, 6.45) is 4.53. The summed E-state index contributed by atoms with van der Waals surface area (Å²) in [6.45, 7) is 10.9. The molecule has 1 aromatic carbocycles. The van der Waals surface area contributed by atoms with E-state index < -0.39 is 0 Å². The summed E-state index contributed by atoms with van der Waals surface area (Å²) < 4.78 is 7.67. The van der Waals surface area contributed by atoms with Gasteiger partial charge in [0.1, 0.15) is 11.6 Å². The quantitative estimate of drug-likeness (QED) is 0.721. The molecule has 0 saturated carbocycles. The predicted octanol–water partition coefficient (Wildman–Crippen LogP) is 3.12. The Balaban J connectivity index is 1.56. The smallest absolute Gasteiger partial charge is 0.159 e. The molecule has 2 aromatic heterocycles. The molecule has 5 rings (SSSR count). The first kappa shape index (κ1) is 19.5. The van der Waals surface area contributed by atoms with Gasteiger partial charge < -0.3 is 15.0 Å². The number of anilines is 1. The van der Waals surface area contributed by atoms with Crippen LogP contribution in [0.2, 0.25) is 0 Å². The Morgan fingerprint density at radius 1 is 1.07 bits per heavy atom. The van der Waals surface area contributed by atoms with E-state index in [1.807, 2.05) is 17.8 Å². The number of piperidine rings is 1. The Morgan fingerprint density at radius 2 is 1.87 bits per heavy atom. The number of rotatable bonds is 3. The molecule has 0 radical (unpaired) electrons. The molecular weight excluding hydrogens is 376 g/mol. The molecule has 2 fully saturated rings. The Morgan fingerprint density at radius 3 is 2.67 bits per heavy atom. The minimum absolute atomic E-state index is 0.207. The molecule has 0 spiro atoms. The lowest BCUT2D eigenvalue weighted by molar-refractivity contribution is 0.0529. The van der Waals surface area contributed by atoms with Crippen molar-refractivity contribution in [3.63, 3.8) is 0 Å². The van der Waals surface area contributed by atoms with E-state index in [-0.39, 0.29) is 6.10 Å². The van der Waals surface area contributed by atoms with Gasteiger partial charge in [-0.1, -0.05) is 0 Å². The molecule has 7 heteroatoms. The van der Waals surface area contributed by atoms with Crippen molar-refractivity contribution in [2.45, 2.75) is 45.6 Å². The number of hydrogen-bond donors (Lipinski definition) is 1. The molecular formula is C23H30N6O. The molecule has 1 atom stereocenters. The number of benzene rings is 1. The van der Waals surface area contributed by atoms with E-state index >= 15 is 0 Å². The Bertz CT molecular complexity index is 1060. The molecule has 0 amide bonds. The first-order chi connectivity index (χ1) is 14.6. The standard InChI is InChI=1S/C23H30N6O/c1-15-10-19-13-25-29(21(19)11-20(15)18-4-6-24-7-5-18)23-12-22(26-17(3)27-23)28-8-9-30-16(2)14-28/h10-13,16,18,24H,4-9,14H2,1-3H3/t16-/m0/s1. The van der Waals surface area contributed by atoms with E-state index in [9.17, 15) is 0 Å². The average Bonchev–Trinajstić information content (AvgIpc) is 3.16. The van der Waals surface area contributed by atoms with Crippen LogP contribution in [0.15, 0.2) is 24.4 Å². The third-order valence-corrected chi connectivity index (χ3v) is 6.33. The highest BCUT2D eigenvalue weighted by Crippen LogP contribution is 2.32. The molecule has 3 aromatic rings. The van der Waals surface area contributed by atoms with Gasteiger partial charge in [0.25, 0.3) is 0 Å². The van der Waals surface area contributed by atoms with Crippen molar-refractivity contribution in [3.8, 4) is 5.82 Å². The Kier molecular flexibility index (Phi) is 5.16. The van der Waals surface area contributed by atoms with Crippen LogP contribution in [0.25, 0.3) is 16.7 Å². The summed E-state index contributed by atoms with van der Waals surface area (Å²) in [7, 11) is 0. The maximum Gasteiger partial charge on any atom is 0.159 e. The van der Waals surface area contributed by atoms with Gasteiger partial charge in [0.05, 0.1) is 24.4 Å². The molecule has 0 unspecified atom stereocenters. The second-order valence-corrected chi connectivity index (χ2v) is 8.61. The third-order valence-electron chi connectivity index (χ3n) is 6.33. The second-order valence-electron chi connectivity index (χ2n) is 8.61. The van der Waals surface area contributed by atoms with Crippen molar-refractivity contribution in [2.24, 2.45) is 0 Å². The van der Waals surface area contributed by atoms with Crippen molar-refractivity contribution < 1.29 is 4.74 Å². The molecule has 4 heterocycles. The Hall–Kier alpha value is -2.51. The van der Waals surface area contributed by atoms with Crippen LogP contribution in [0.5, 0.6) is 0 Å². The van der Waals surface area contributed by atoms with E-state index in [0.29, 0.717) is 5.92 Å². The molecule has 158 valence electrons. The van der Waals surface area contributed by atoms with Crippen molar-refractivity contribution in [1.29, 1.82) is 0 Å². The van der Waals surface area contributed by atoms with Gasteiger partial charge in [-0.3, -0.25) is 0 Å². The molecule has 2 saturated heterocycles. The number of ether oxygens (including phenoxy) is 1. The summed E-state index contributed by atoms with van der Waals surface area (Å²) in [4.78, 5) is 11.7. The third kappa shape index (κ3) is 3.68. The lowest BCUT2D eigenvalue weighted by Gasteiger charge is -2.32. The molecule has 2 aliphatic rings. The number of morpholine rings is 1. The van der Waals surface area contributed by atoms with Crippen LogP contribution in [0.3, 0.4) is 0 Å². The zero-order valence-electron chi connectivity index (χ0n) is 18.1. The van der Waals surface area contributed by atoms with Crippen LogP contribution in [0.1, 0.15) is 42.6 Å². The van der Waals surface area contributed by atoms with Crippen molar-refractivity contribution in [2.75, 3.05) is 37.7 Å². The average molecular weight is 407 g/mol. The van der Waals surface area contributed by atoms with E-state index in [1.54, 1.807) is 0 Å². The first-order valence-electron chi connectivity index (χ1n) is 11.0. The fraction of sp³-hybridized carbons (Fsp3) is 0.522. The van der Waals surface area contributed by atoms with Crippen LogP contribution in [0, 0.1) is 13.8 Å². The number of aromatic nitrogens is 4. The van der Waals surface area contributed by atoms with Crippen molar-refractivity contribution in [3.05, 3.63) is 41.3 Å². The molecule has 7 nitrogen and oxygen atoms in total. The van der Waals surface area contributed by atoms with Crippen LogP contribution < -0.4 is 10.2 Å². The number of hydrogen-bond acceptors (Lipinski definition) is 6. The van der Waals surface area contributed by atoms with Crippen LogP contribution >= 0.6 is 0 Å². The molecule has 30 heavy (non-hydrogen) atoms. The maximum atomic E-state index is 5.69. The number of fused-ring (bicyclic) bond motifs is 1. The van der Waals surface area contributed by atoms with Gasteiger partial charge in [-0.2, -0.15) is 5.10 Å². The number of nitrogens with one attached hydrogen (secondary N) is 1. The lowest BCUT2D eigenvalue weighted by Crippen LogP contribution is -2.41. The number of aryl methyl sites for hydroxylation is 2. The van der Waals surface area contributed by atoms with Crippen molar-refractivity contribution >= 4 is 16.7 Å². The minimum Gasteiger partial charge on any atom is -0.375 e. The fourth-order valence-corrected chi connectivity index (χ4v) is 4.79. The summed E-state index contributed by atoms with van der Waals surface area (Å²) in [6, 6.07) is 6.66. The highest BCUT2D eigenvalue weighted by Gasteiger charge is 2.21. The highest BCUT2D eigenvalue weighted by atomic mass is 16.5. The maximum absolute atomic E-state index is 5.69. The zero-order chi connectivity index (χ0) is 20.7. The topological polar surface area (TPSA) is 68.1 Å². The fourth-order valence-electron chi connectivity index (χ4n) is 4.79. The predicted molar refractivity (Wildman–Crippen MR) is 119 cm³/mol. The normalized spacial score (nSPS) is 20.8. The second kappa shape index (κ2) is 7.96. The SMILES string of the molecule is Cc1nc(N2CCO[C@@H](C)C2)cc(-n2ncc3cc(C)c(C4CCNCC4)cc32)n1. The molecule has 0 bridgehead atoms. The van der Waals surface area contributed by atoms with Gasteiger partial charge in [-0.25, -0.2) is 14.6 Å². The molecule has 2 aliphatic heterocycles.